The lowest BCUT2D eigenvalue weighted by Gasteiger charge is -2.11. The zero-order valence-corrected chi connectivity index (χ0v) is 11.8. The minimum atomic E-state index is -0.280. The second-order valence-electron chi connectivity index (χ2n) is 4.97. The van der Waals surface area contributed by atoms with Gasteiger partial charge in [-0.25, -0.2) is 4.39 Å². The second kappa shape index (κ2) is 7.01. The molecule has 0 radical (unpaired) electrons. The van der Waals surface area contributed by atoms with Crippen LogP contribution in [0, 0.1) is 5.82 Å². The molecule has 0 aliphatic carbocycles. The summed E-state index contributed by atoms with van der Waals surface area (Å²) in [5, 5.41) is 3.26. The van der Waals surface area contributed by atoms with E-state index in [1.165, 1.54) is 12.1 Å². The summed E-state index contributed by atoms with van der Waals surface area (Å²) in [5.41, 5.74) is 1.88. The third-order valence-electron chi connectivity index (χ3n) is 2.80. The second-order valence-corrected chi connectivity index (χ2v) is 4.97. The van der Waals surface area contributed by atoms with E-state index in [4.69, 9.17) is 4.74 Å². The number of halogens is 1. The van der Waals surface area contributed by atoms with E-state index in [0.717, 1.165) is 11.1 Å². The summed E-state index contributed by atoms with van der Waals surface area (Å²) in [6.45, 7) is 5.14. The lowest BCUT2D eigenvalue weighted by molar-refractivity contribution is 0.304. The molecule has 2 rings (SSSR count). The molecule has 0 spiro atoms. The van der Waals surface area contributed by atoms with Gasteiger partial charge in [0.1, 0.15) is 18.2 Å². The van der Waals surface area contributed by atoms with Crippen molar-refractivity contribution in [1.29, 1.82) is 0 Å². The molecule has 0 aliphatic heterocycles. The molecule has 0 saturated heterocycles. The number of pyridine rings is 1. The van der Waals surface area contributed by atoms with Gasteiger partial charge < -0.3 is 10.1 Å². The van der Waals surface area contributed by atoms with Crippen molar-refractivity contribution in [3.05, 3.63) is 59.7 Å². The van der Waals surface area contributed by atoms with E-state index in [1.807, 2.05) is 18.2 Å². The fourth-order valence-corrected chi connectivity index (χ4v) is 1.77. The van der Waals surface area contributed by atoms with Gasteiger partial charge in [0.25, 0.3) is 0 Å². The molecule has 0 atom stereocenters. The smallest absolute Gasteiger partial charge is 0.127 e. The number of hydrogen-bond acceptors (Lipinski definition) is 3. The molecule has 1 N–H and O–H groups in total. The van der Waals surface area contributed by atoms with Crippen LogP contribution in [0.25, 0.3) is 0 Å². The van der Waals surface area contributed by atoms with Crippen LogP contribution in [0.3, 0.4) is 0 Å². The number of nitrogens with one attached hydrogen (secondary N) is 1. The highest BCUT2D eigenvalue weighted by atomic mass is 19.1. The zero-order valence-electron chi connectivity index (χ0n) is 11.8. The highest BCUT2D eigenvalue weighted by Crippen LogP contribution is 2.18. The molecule has 1 aromatic carbocycles. The predicted octanol–water partition coefficient (Wildman–Crippen LogP) is 3.30. The SMILES string of the molecule is CC(C)NCc1cc(F)cc(OCc2ccncc2)c1. The summed E-state index contributed by atoms with van der Waals surface area (Å²) in [6, 6.07) is 8.90. The average Bonchev–Trinajstić information content (AvgIpc) is 2.44. The van der Waals surface area contributed by atoms with Crippen molar-refractivity contribution >= 4 is 0 Å². The highest BCUT2D eigenvalue weighted by molar-refractivity contribution is 5.30. The number of ether oxygens (including phenoxy) is 1. The van der Waals surface area contributed by atoms with E-state index in [1.54, 1.807) is 12.4 Å². The fraction of sp³-hybridized carbons (Fsp3) is 0.312. The van der Waals surface area contributed by atoms with Crippen molar-refractivity contribution in [2.75, 3.05) is 0 Å². The van der Waals surface area contributed by atoms with Crippen LogP contribution in [0.5, 0.6) is 5.75 Å². The minimum Gasteiger partial charge on any atom is -0.489 e. The Bertz CT molecular complexity index is 543. The van der Waals surface area contributed by atoms with Crippen LogP contribution < -0.4 is 10.1 Å². The van der Waals surface area contributed by atoms with Gasteiger partial charge in [-0.05, 0) is 35.4 Å². The summed E-state index contributed by atoms with van der Waals surface area (Å²) in [4.78, 5) is 3.95. The van der Waals surface area contributed by atoms with Crippen LogP contribution >= 0.6 is 0 Å². The Morgan fingerprint density at radius 2 is 1.90 bits per heavy atom. The van der Waals surface area contributed by atoms with E-state index < -0.39 is 0 Å². The molecule has 3 nitrogen and oxygen atoms in total. The van der Waals surface area contributed by atoms with E-state index in [0.29, 0.717) is 24.9 Å². The maximum absolute atomic E-state index is 13.6. The van der Waals surface area contributed by atoms with Crippen molar-refractivity contribution in [3.8, 4) is 5.75 Å². The summed E-state index contributed by atoms with van der Waals surface area (Å²) in [7, 11) is 0. The predicted molar refractivity (Wildman–Crippen MR) is 76.9 cm³/mol. The maximum atomic E-state index is 13.6. The van der Waals surface area contributed by atoms with Crippen molar-refractivity contribution in [2.24, 2.45) is 0 Å². The molecule has 106 valence electrons. The molecule has 0 unspecified atom stereocenters. The van der Waals surface area contributed by atoms with Crippen molar-refractivity contribution in [3.63, 3.8) is 0 Å². The summed E-state index contributed by atoms with van der Waals surface area (Å²) >= 11 is 0. The van der Waals surface area contributed by atoms with Crippen LogP contribution in [0.1, 0.15) is 25.0 Å². The first-order chi connectivity index (χ1) is 9.63. The average molecular weight is 274 g/mol. The largest absolute Gasteiger partial charge is 0.489 e. The Balaban J connectivity index is 2.00. The van der Waals surface area contributed by atoms with E-state index >= 15 is 0 Å². The molecule has 1 aromatic heterocycles. The monoisotopic (exact) mass is 274 g/mol. The standard InChI is InChI=1S/C16H19FN2O/c1-12(2)19-10-14-7-15(17)9-16(8-14)20-11-13-3-5-18-6-4-13/h3-9,12,19H,10-11H2,1-2H3. The topological polar surface area (TPSA) is 34.1 Å². The number of benzene rings is 1. The Hall–Kier alpha value is -1.94. The number of rotatable bonds is 6. The molecule has 0 bridgehead atoms. The zero-order chi connectivity index (χ0) is 14.4. The quantitative estimate of drug-likeness (QED) is 0.877. The van der Waals surface area contributed by atoms with Gasteiger partial charge in [-0.2, -0.15) is 0 Å². The van der Waals surface area contributed by atoms with E-state index in [2.05, 4.69) is 24.1 Å². The molecule has 0 saturated carbocycles. The Morgan fingerprint density at radius 3 is 2.60 bits per heavy atom. The molecule has 2 aromatic rings. The molecule has 0 fully saturated rings. The number of hydrogen-bond donors (Lipinski definition) is 1. The summed E-state index contributed by atoms with van der Waals surface area (Å²) in [5.74, 6) is 0.264. The van der Waals surface area contributed by atoms with Gasteiger partial charge in [0, 0.05) is 31.0 Å². The first kappa shape index (κ1) is 14.5. The molecular formula is C16H19FN2O. The van der Waals surface area contributed by atoms with Gasteiger partial charge >= 0.3 is 0 Å². The number of aromatic nitrogens is 1. The minimum absolute atomic E-state index is 0.280. The fourth-order valence-electron chi connectivity index (χ4n) is 1.77. The van der Waals surface area contributed by atoms with Gasteiger partial charge in [0.2, 0.25) is 0 Å². The van der Waals surface area contributed by atoms with E-state index in [-0.39, 0.29) is 5.82 Å². The van der Waals surface area contributed by atoms with Gasteiger partial charge in [0.15, 0.2) is 0 Å². The van der Waals surface area contributed by atoms with Gasteiger partial charge in [-0.1, -0.05) is 13.8 Å². The Kier molecular flexibility index (Phi) is 5.07. The normalized spacial score (nSPS) is 10.8. The summed E-state index contributed by atoms with van der Waals surface area (Å²) in [6.07, 6.45) is 3.42. The third-order valence-corrected chi connectivity index (χ3v) is 2.80. The Labute approximate surface area is 118 Å². The van der Waals surface area contributed by atoms with Crippen molar-refractivity contribution in [2.45, 2.75) is 33.0 Å². The van der Waals surface area contributed by atoms with Crippen LogP contribution in [-0.2, 0) is 13.2 Å². The Morgan fingerprint density at radius 1 is 1.15 bits per heavy atom. The number of nitrogens with zero attached hydrogens (tertiary/aromatic N) is 1. The summed E-state index contributed by atoms with van der Waals surface area (Å²) < 4.78 is 19.2. The van der Waals surface area contributed by atoms with Gasteiger partial charge in [0.05, 0.1) is 0 Å². The lowest BCUT2D eigenvalue weighted by Crippen LogP contribution is -2.21. The van der Waals surface area contributed by atoms with Crippen LogP contribution in [0.2, 0.25) is 0 Å². The van der Waals surface area contributed by atoms with Crippen LogP contribution in [0.15, 0.2) is 42.7 Å². The maximum Gasteiger partial charge on any atom is 0.127 e. The van der Waals surface area contributed by atoms with Gasteiger partial charge in [-0.15, -0.1) is 0 Å². The lowest BCUT2D eigenvalue weighted by atomic mass is 10.2. The van der Waals surface area contributed by atoms with Crippen molar-refractivity contribution < 1.29 is 9.13 Å². The third kappa shape index (κ3) is 4.63. The van der Waals surface area contributed by atoms with Crippen molar-refractivity contribution in [1.82, 2.24) is 10.3 Å². The molecule has 0 amide bonds. The molecule has 0 aliphatic rings. The van der Waals surface area contributed by atoms with E-state index in [9.17, 15) is 4.39 Å². The van der Waals surface area contributed by atoms with Gasteiger partial charge in [-0.3, -0.25) is 4.98 Å². The molecular weight excluding hydrogens is 255 g/mol. The first-order valence-corrected chi connectivity index (χ1v) is 6.68. The molecule has 4 heteroatoms. The van der Waals surface area contributed by atoms with Crippen LogP contribution in [0.4, 0.5) is 4.39 Å². The molecule has 1 heterocycles. The molecule has 20 heavy (non-hydrogen) atoms. The highest BCUT2D eigenvalue weighted by Gasteiger charge is 2.03. The van der Waals surface area contributed by atoms with Crippen LogP contribution in [-0.4, -0.2) is 11.0 Å². The first-order valence-electron chi connectivity index (χ1n) is 6.68.